The van der Waals surface area contributed by atoms with Gasteiger partial charge in [-0.05, 0) is 95.2 Å². The summed E-state index contributed by atoms with van der Waals surface area (Å²) in [7, 11) is 0. The van der Waals surface area contributed by atoms with E-state index in [-0.39, 0.29) is 5.92 Å². The third-order valence-electron chi connectivity index (χ3n) is 5.03. The minimum Gasteiger partial charge on any atom is -0.0908 e. The topological polar surface area (TPSA) is 0 Å². The van der Waals surface area contributed by atoms with Crippen molar-refractivity contribution in [3.63, 3.8) is 0 Å². The molecule has 4 rings (SSSR count). The van der Waals surface area contributed by atoms with Gasteiger partial charge in [-0.2, -0.15) is 0 Å². The van der Waals surface area contributed by atoms with Crippen LogP contribution in [0.15, 0.2) is 78.9 Å². The second-order valence-corrected chi connectivity index (χ2v) is 8.95. The van der Waals surface area contributed by atoms with E-state index in [2.05, 4.69) is 137 Å². The first-order chi connectivity index (χ1) is 13.1. The maximum atomic E-state index is 4.51. The molecule has 0 aromatic heterocycles. The molecule has 0 fully saturated rings. The molecular formula is C25H18I2. The van der Waals surface area contributed by atoms with Crippen LogP contribution in [0.5, 0.6) is 0 Å². The first-order valence-electron chi connectivity index (χ1n) is 8.76. The van der Waals surface area contributed by atoms with E-state index in [0.29, 0.717) is 0 Å². The van der Waals surface area contributed by atoms with Gasteiger partial charge in [0.05, 0.1) is 0 Å². The summed E-state index contributed by atoms with van der Waals surface area (Å²) < 4.78 is 2.44. The zero-order valence-electron chi connectivity index (χ0n) is 14.8. The standard InChI is InChI=1S/C25H18I2/c1-16-21-10-6-7-11-22(21)17(2)25(27)23(16)24(18-8-4-3-5-9-18)19-12-14-20(26)15-13-19/h3-15,24H,1-2H2. The van der Waals surface area contributed by atoms with Gasteiger partial charge in [-0.1, -0.05) is 79.9 Å². The Bertz CT molecular complexity index is 1210. The van der Waals surface area contributed by atoms with Gasteiger partial charge in [0, 0.05) is 13.1 Å². The summed E-state index contributed by atoms with van der Waals surface area (Å²) in [6.45, 7) is 8.90. The summed E-state index contributed by atoms with van der Waals surface area (Å²) in [6, 6.07) is 27.9. The molecule has 0 saturated carbocycles. The summed E-state index contributed by atoms with van der Waals surface area (Å²) in [5, 5.41) is 4.55. The fourth-order valence-electron chi connectivity index (χ4n) is 3.70. The molecule has 132 valence electrons. The number of halogens is 2. The summed E-state index contributed by atoms with van der Waals surface area (Å²) in [5.41, 5.74) is 3.81. The number of fused-ring (bicyclic) bond motifs is 1. The highest BCUT2D eigenvalue weighted by Gasteiger charge is 2.21. The van der Waals surface area contributed by atoms with Crippen molar-refractivity contribution in [1.29, 1.82) is 0 Å². The van der Waals surface area contributed by atoms with Gasteiger partial charge in [0.25, 0.3) is 0 Å². The van der Waals surface area contributed by atoms with E-state index in [0.717, 1.165) is 10.4 Å². The molecule has 4 aromatic carbocycles. The highest BCUT2D eigenvalue weighted by molar-refractivity contribution is 14.1. The fraction of sp³-hybridized carbons (Fsp3) is 0.0400. The summed E-state index contributed by atoms with van der Waals surface area (Å²) >= 11 is 4.81. The van der Waals surface area contributed by atoms with Crippen molar-refractivity contribution >= 4 is 69.1 Å². The van der Waals surface area contributed by atoms with Crippen LogP contribution in [0.2, 0.25) is 0 Å². The molecule has 0 amide bonds. The molecule has 2 heteroatoms. The maximum Gasteiger partial charge on any atom is 0.0356 e. The van der Waals surface area contributed by atoms with Crippen molar-refractivity contribution in [3.05, 3.63) is 113 Å². The lowest BCUT2D eigenvalue weighted by Gasteiger charge is -2.22. The molecule has 0 bridgehead atoms. The molecule has 0 aliphatic carbocycles. The smallest absolute Gasteiger partial charge is 0.0356 e. The Hall–Kier alpha value is -1.66. The molecule has 0 nitrogen and oxygen atoms in total. The largest absolute Gasteiger partial charge is 0.0908 e. The normalized spacial score (nSPS) is 12.2. The van der Waals surface area contributed by atoms with Crippen molar-refractivity contribution in [2.24, 2.45) is 0 Å². The Balaban J connectivity index is 2.09. The first-order valence-corrected chi connectivity index (χ1v) is 10.9. The molecule has 0 radical (unpaired) electrons. The monoisotopic (exact) mass is 572 g/mol. The molecule has 1 atom stereocenters. The van der Waals surface area contributed by atoms with Crippen LogP contribution in [0, 0.1) is 7.14 Å². The van der Waals surface area contributed by atoms with Crippen LogP contribution in [0.1, 0.15) is 22.6 Å². The molecule has 27 heavy (non-hydrogen) atoms. The number of rotatable bonds is 3. The Morgan fingerprint density at radius 3 is 1.74 bits per heavy atom. The minimum absolute atomic E-state index is 0.132. The lowest BCUT2D eigenvalue weighted by Crippen LogP contribution is -2.24. The molecule has 0 aliphatic heterocycles. The van der Waals surface area contributed by atoms with Crippen LogP contribution in [0.4, 0.5) is 0 Å². The fourth-order valence-corrected chi connectivity index (χ4v) is 4.98. The third-order valence-corrected chi connectivity index (χ3v) is 6.98. The third kappa shape index (κ3) is 3.45. The Morgan fingerprint density at radius 2 is 1.11 bits per heavy atom. The Kier molecular flexibility index (Phi) is 5.37. The van der Waals surface area contributed by atoms with Crippen LogP contribution in [0.3, 0.4) is 0 Å². The van der Waals surface area contributed by atoms with Gasteiger partial charge in [-0.15, -0.1) is 0 Å². The maximum absolute atomic E-state index is 4.51. The van der Waals surface area contributed by atoms with Crippen molar-refractivity contribution < 1.29 is 0 Å². The van der Waals surface area contributed by atoms with Gasteiger partial charge in [0.2, 0.25) is 0 Å². The van der Waals surface area contributed by atoms with Crippen molar-refractivity contribution in [3.8, 4) is 0 Å². The summed E-state index contributed by atoms with van der Waals surface area (Å²) in [4.78, 5) is 0. The van der Waals surface area contributed by atoms with Crippen molar-refractivity contribution in [2.75, 3.05) is 0 Å². The van der Waals surface area contributed by atoms with Crippen molar-refractivity contribution in [1.82, 2.24) is 0 Å². The number of hydrogen-bond acceptors (Lipinski definition) is 0. The van der Waals surface area contributed by atoms with E-state index in [1.807, 2.05) is 0 Å². The van der Waals surface area contributed by atoms with Gasteiger partial charge < -0.3 is 0 Å². The highest BCUT2D eigenvalue weighted by atomic mass is 127. The van der Waals surface area contributed by atoms with E-state index >= 15 is 0 Å². The van der Waals surface area contributed by atoms with Crippen LogP contribution < -0.4 is 10.4 Å². The highest BCUT2D eigenvalue weighted by Crippen LogP contribution is 2.33. The van der Waals surface area contributed by atoms with E-state index in [1.54, 1.807) is 0 Å². The number of benzene rings is 4. The predicted octanol–water partition coefficient (Wildman–Crippen LogP) is 6.05. The van der Waals surface area contributed by atoms with E-state index in [9.17, 15) is 0 Å². The minimum atomic E-state index is 0.132. The summed E-state index contributed by atoms with van der Waals surface area (Å²) in [6.07, 6.45) is 0. The van der Waals surface area contributed by atoms with E-state index in [1.165, 1.54) is 34.6 Å². The van der Waals surface area contributed by atoms with Gasteiger partial charge >= 0.3 is 0 Å². The van der Waals surface area contributed by atoms with Crippen molar-refractivity contribution in [2.45, 2.75) is 5.92 Å². The summed E-state index contributed by atoms with van der Waals surface area (Å²) in [5.74, 6) is 0.132. The molecule has 0 saturated heterocycles. The zero-order valence-corrected chi connectivity index (χ0v) is 19.1. The molecule has 0 spiro atoms. The molecule has 0 aliphatic rings. The molecule has 0 N–H and O–H groups in total. The zero-order chi connectivity index (χ0) is 19.0. The SMILES string of the molecule is C=c1c(I)c(C(c2ccccc2)c2ccc(I)cc2)c(=C)c2ccccc12. The second-order valence-electron chi connectivity index (χ2n) is 6.63. The second kappa shape index (κ2) is 7.76. The molecule has 4 aromatic rings. The first kappa shape index (κ1) is 18.7. The van der Waals surface area contributed by atoms with Gasteiger partial charge in [0.15, 0.2) is 0 Å². The van der Waals surface area contributed by atoms with E-state index in [4.69, 9.17) is 0 Å². The lowest BCUT2D eigenvalue weighted by molar-refractivity contribution is 0.960. The predicted molar refractivity (Wildman–Crippen MR) is 134 cm³/mol. The Morgan fingerprint density at radius 1 is 0.593 bits per heavy atom. The average Bonchev–Trinajstić information content (AvgIpc) is 2.71. The quantitative estimate of drug-likeness (QED) is 0.207. The van der Waals surface area contributed by atoms with Crippen LogP contribution in [-0.2, 0) is 0 Å². The van der Waals surface area contributed by atoms with Crippen LogP contribution in [-0.4, -0.2) is 0 Å². The van der Waals surface area contributed by atoms with Gasteiger partial charge in [-0.3, -0.25) is 0 Å². The van der Waals surface area contributed by atoms with Gasteiger partial charge in [0.1, 0.15) is 0 Å². The lowest BCUT2D eigenvalue weighted by atomic mass is 9.83. The van der Waals surface area contributed by atoms with Gasteiger partial charge in [-0.25, -0.2) is 0 Å². The Labute approximate surface area is 186 Å². The van der Waals surface area contributed by atoms with Crippen LogP contribution >= 0.6 is 45.2 Å². The molecular weight excluding hydrogens is 554 g/mol. The van der Waals surface area contributed by atoms with E-state index < -0.39 is 0 Å². The molecule has 0 heterocycles. The number of hydrogen-bond donors (Lipinski definition) is 0. The molecule has 1 unspecified atom stereocenters. The van der Waals surface area contributed by atoms with Crippen LogP contribution in [0.25, 0.3) is 23.9 Å². The average molecular weight is 572 g/mol.